The fraction of sp³-hybridized carbons (Fsp3) is 0.250. The standard InChI is InChI=1S/C16H21N5/c1-12-7-9-13(10-8-12)20-16(17)18-11-14-5-4-6-15(19-14)21(2)3/h4-10H,11H2,1-3H3,(H3,17,18,20). The van der Waals surface area contributed by atoms with Gasteiger partial charge >= 0.3 is 0 Å². The molecule has 0 spiro atoms. The summed E-state index contributed by atoms with van der Waals surface area (Å²) in [7, 11) is 3.92. The maximum atomic E-state index is 5.89. The smallest absolute Gasteiger partial charge is 0.193 e. The first kappa shape index (κ1) is 14.8. The van der Waals surface area contributed by atoms with Crippen molar-refractivity contribution in [3.05, 3.63) is 53.7 Å². The van der Waals surface area contributed by atoms with Crippen LogP contribution < -0.4 is 16.0 Å². The van der Waals surface area contributed by atoms with Gasteiger partial charge in [0.05, 0.1) is 12.2 Å². The molecule has 1 aromatic carbocycles. The van der Waals surface area contributed by atoms with E-state index in [1.807, 2.05) is 68.4 Å². The number of rotatable bonds is 4. The van der Waals surface area contributed by atoms with Gasteiger partial charge in [0.2, 0.25) is 0 Å². The van der Waals surface area contributed by atoms with Gasteiger partial charge in [0.15, 0.2) is 5.96 Å². The summed E-state index contributed by atoms with van der Waals surface area (Å²) in [6, 6.07) is 13.9. The van der Waals surface area contributed by atoms with Crippen LogP contribution in [-0.2, 0) is 6.54 Å². The summed E-state index contributed by atoms with van der Waals surface area (Å²) in [5.74, 6) is 1.30. The second-order valence-electron chi connectivity index (χ2n) is 5.07. The molecule has 21 heavy (non-hydrogen) atoms. The molecule has 0 radical (unpaired) electrons. The van der Waals surface area contributed by atoms with Crippen LogP contribution in [0.3, 0.4) is 0 Å². The number of guanidine groups is 1. The van der Waals surface area contributed by atoms with Crippen LogP contribution in [0, 0.1) is 6.92 Å². The molecule has 0 aliphatic carbocycles. The third-order valence-corrected chi connectivity index (χ3v) is 2.99. The van der Waals surface area contributed by atoms with Gasteiger partial charge in [-0.05, 0) is 31.2 Å². The highest BCUT2D eigenvalue weighted by Crippen LogP contribution is 2.10. The number of aliphatic imine (C=N–C) groups is 1. The van der Waals surface area contributed by atoms with E-state index in [-0.39, 0.29) is 0 Å². The minimum Gasteiger partial charge on any atom is -0.370 e. The molecule has 0 fully saturated rings. The fourth-order valence-corrected chi connectivity index (χ4v) is 1.79. The number of hydrogen-bond acceptors (Lipinski definition) is 3. The lowest BCUT2D eigenvalue weighted by atomic mass is 10.2. The zero-order chi connectivity index (χ0) is 15.2. The monoisotopic (exact) mass is 283 g/mol. The normalized spacial score (nSPS) is 11.3. The number of benzene rings is 1. The summed E-state index contributed by atoms with van der Waals surface area (Å²) in [5, 5.41) is 3.07. The Kier molecular flexibility index (Phi) is 4.77. The van der Waals surface area contributed by atoms with Gasteiger partial charge in [-0.2, -0.15) is 0 Å². The molecule has 0 saturated carbocycles. The van der Waals surface area contributed by atoms with Crippen LogP contribution in [0.4, 0.5) is 11.5 Å². The van der Waals surface area contributed by atoms with E-state index in [9.17, 15) is 0 Å². The lowest BCUT2D eigenvalue weighted by molar-refractivity contribution is 0.958. The number of hydrogen-bond donors (Lipinski definition) is 2. The second kappa shape index (κ2) is 6.74. The quantitative estimate of drug-likeness (QED) is 0.668. The third kappa shape index (κ3) is 4.49. The Morgan fingerprint density at radius 2 is 1.90 bits per heavy atom. The number of aromatic nitrogens is 1. The summed E-state index contributed by atoms with van der Waals surface area (Å²) in [4.78, 5) is 10.8. The predicted molar refractivity (Wildman–Crippen MR) is 88.7 cm³/mol. The van der Waals surface area contributed by atoms with Crippen LogP contribution in [0.2, 0.25) is 0 Å². The van der Waals surface area contributed by atoms with Crippen molar-refractivity contribution >= 4 is 17.5 Å². The molecule has 0 aliphatic heterocycles. The van der Waals surface area contributed by atoms with Crippen LogP contribution in [0.5, 0.6) is 0 Å². The van der Waals surface area contributed by atoms with Crippen LogP contribution in [0.1, 0.15) is 11.3 Å². The zero-order valence-corrected chi connectivity index (χ0v) is 12.7. The molecule has 5 heteroatoms. The highest BCUT2D eigenvalue weighted by atomic mass is 15.1. The number of nitrogens with two attached hydrogens (primary N) is 1. The molecule has 0 aliphatic rings. The molecule has 3 N–H and O–H groups in total. The van der Waals surface area contributed by atoms with Gasteiger partial charge in [-0.25, -0.2) is 9.98 Å². The largest absolute Gasteiger partial charge is 0.370 e. The SMILES string of the molecule is Cc1ccc(NC(N)=NCc2cccc(N(C)C)n2)cc1. The van der Waals surface area contributed by atoms with Crippen LogP contribution in [0.25, 0.3) is 0 Å². The lowest BCUT2D eigenvalue weighted by Crippen LogP contribution is -2.22. The average molecular weight is 283 g/mol. The van der Waals surface area contributed by atoms with Crippen LogP contribution in [0.15, 0.2) is 47.5 Å². The van der Waals surface area contributed by atoms with Crippen LogP contribution >= 0.6 is 0 Å². The van der Waals surface area contributed by atoms with Crippen molar-refractivity contribution in [1.82, 2.24) is 4.98 Å². The van der Waals surface area contributed by atoms with Crippen molar-refractivity contribution < 1.29 is 0 Å². The number of nitrogens with zero attached hydrogens (tertiary/aromatic N) is 3. The van der Waals surface area contributed by atoms with Gasteiger partial charge in [-0.3, -0.25) is 0 Å². The molecule has 1 heterocycles. The highest BCUT2D eigenvalue weighted by molar-refractivity contribution is 5.92. The Hall–Kier alpha value is -2.56. The van der Waals surface area contributed by atoms with Gasteiger partial charge in [-0.15, -0.1) is 0 Å². The van der Waals surface area contributed by atoms with E-state index >= 15 is 0 Å². The van der Waals surface area contributed by atoms with Crippen LogP contribution in [-0.4, -0.2) is 25.0 Å². The van der Waals surface area contributed by atoms with Gasteiger partial charge < -0.3 is 16.0 Å². The first-order valence-electron chi connectivity index (χ1n) is 6.81. The summed E-state index contributed by atoms with van der Waals surface area (Å²) in [5.41, 5.74) is 8.91. The number of aryl methyl sites for hydroxylation is 1. The Morgan fingerprint density at radius 3 is 2.57 bits per heavy atom. The highest BCUT2D eigenvalue weighted by Gasteiger charge is 2.00. The van der Waals surface area contributed by atoms with Gasteiger partial charge in [0, 0.05) is 19.8 Å². The number of pyridine rings is 1. The Morgan fingerprint density at radius 1 is 1.19 bits per heavy atom. The fourth-order valence-electron chi connectivity index (χ4n) is 1.79. The summed E-state index contributed by atoms with van der Waals surface area (Å²) < 4.78 is 0. The van der Waals surface area contributed by atoms with Gasteiger partial charge in [0.25, 0.3) is 0 Å². The zero-order valence-electron chi connectivity index (χ0n) is 12.7. The molecule has 0 saturated heterocycles. The minimum atomic E-state index is 0.385. The second-order valence-corrected chi connectivity index (χ2v) is 5.07. The molecule has 0 atom stereocenters. The minimum absolute atomic E-state index is 0.385. The van der Waals surface area contributed by atoms with Crippen molar-refractivity contribution in [1.29, 1.82) is 0 Å². The number of nitrogens with one attached hydrogen (secondary N) is 1. The molecule has 0 unspecified atom stereocenters. The first-order chi connectivity index (χ1) is 10.0. The number of anilines is 2. The lowest BCUT2D eigenvalue weighted by Gasteiger charge is -2.11. The molecular formula is C16H21N5. The van der Waals surface area contributed by atoms with Gasteiger partial charge in [-0.1, -0.05) is 23.8 Å². The van der Waals surface area contributed by atoms with E-state index in [0.29, 0.717) is 12.5 Å². The van der Waals surface area contributed by atoms with Gasteiger partial charge in [0.1, 0.15) is 5.82 Å². The van der Waals surface area contributed by atoms with Crippen molar-refractivity contribution in [2.24, 2.45) is 10.7 Å². The summed E-state index contributed by atoms with van der Waals surface area (Å²) in [6.07, 6.45) is 0. The Balaban J connectivity index is 2.00. The molecule has 1 aromatic heterocycles. The topological polar surface area (TPSA) is 66.5 Å². The average Bonchev–Trinajstić information content (AvgIpc) is 2.48. The van der Waals surface area contributed by atoms with Crippen molar-refractivity contribution in [3.8, 4) is 0 Å². The Labute approximate surface area is 125 Å². The van der Waals surface area contributed by atoms with Crippen molar-refractivity contribution in [2.45, 2.75) is 13.5 Å². The summed E-state index contributed by atoms with van der Waals surface area (Å²) >= 11 is 0. The van der Waals surface area contributed by atoms with E-state index in [2.05, 4.69) is 15.3 Å². The third-order valence-electron chi connectivity index (χ3n) is 2.99. The maximum Gasteiger partial charge on any atom is 0.193 e. The molecule has 5 nitrogen and oxygen atoms in total. The van der Waals surface area contributed by atoms with E-state index < -0.39 is 0 Å². The Bertz CT molecular complexity index is 617. The van der Waals surface area contributed by atoms with E-state index in [4.69, 9.17) is 5.73 Å². The van der Waals surface area contributed by atoms with E-state index in [1.54, 1.807) is 0 Å². The van der Waals surface area contributed by atoms with E-state index in [0.717, 1.165) is 17.2 Å². The molecular weight excluding hydrogens is 262 g/mol. The van der Waals surface area contributed by atoms with Crippen molar-refractivity contribution in [3.63, 3.8) is 0 Å². The molecule has 2 aromatic rings. The maximum absolute atomic E-state index is 5.89. The predicted octanol–water partition coefficient (Wildman–Crippen LogP) is 2.38. The first-order valence-corrected chi connectivity index (χ1v) is 6.81. The van der Waals surface area contributed by atoms with E-state index in [1.165, 1.54) is 5.56 Å². The molecule has 110 valence electrons. The molecule has 0 bridgehead atoms. The van der Waals surface area contributed by atoms with Crippen molar-refractivity contribution in [2.75, 3.05) is 24.3 Å². The molecule has 2 rings (SSSR count). The summed E-state index contributed by atoms with van der Waals surface area (Å²) in [6.45, 7) is 2.50. The molecule has 0 amide bonds.